The Morgan fingerprint density at radius 3 is 2.49 bits per heavy atom. The number of nitrogens with one attached hydrogen (secondary N) is 2. The molecule has 1 aliphatic heterocycles. The number of rotatable bonds is 5. The number of methoxy groups -OCH3 is 1. The lowest BCUT2D eigenvalue weighted by Crippen LogP contribution is -2.38. The number of likely N-dealkylation sites (tertiary alicyclic amines) is 1. The molecule has 3 heterocycles. The zero-order chi connectivity index (χ0) is 25.9. The van der Waals surface area contributed by atoms with Crippen LogP contribution in [0.4, 0.5) is 5.69 Å². The molecular weight excluding hydrogens is 492 g/mol. The van der Waals surface area contributed by atoms with Gasteiger partial charge in [0.25, 0.3) is 11.8 Å². The van der Waals surface area contributed by atoms with Crippen molar-refractivity contribution in [3.63, 3.8) is 0 Å². The van der Waals surface area contributed by atoms with E-state index in [4.69, 9.17) is 11.6 Å². The van der Waals surface area contributed by atoms with Gasteiger partial charge in [0.15, 0.2) is 0 Å². The molecule has 0 radical (unpaired) electrons. The number of nitrogens with zero attached hydrogens (tertiary/aromatic N) is 2. The first-order chi connectivity index (χ1) is 17.9. The van der Waals surface area contributed by atoms with Gasteiger partial charge in [0.1, 0.15) is 5.69 Å². The number of halogens is 1. The number of ether oxygens (including phenoxy) is 1. The molecule has 0 atom stereocenters. The molecule has 1 aliphatic rings. The van der Waals surface area contributed by atoms with E-state index in [1.54, 1.807) is 24.4 Å². The molecule has 2 N–H and O–H groups in total. The van der Waals surface area contributed by atoms with Crippen LogP contribution in [0.2, 0.25) is 5.02 Å². The van der Waals surface area contributed by atoms with Crippen LogP contribution in [0, 0.1) is 0 Å². The lowest BCUT2D eigenvalue weighted by Gasteiger charge is -2.32. The minimum Gasteiger partial charge on any atom is -0.464 e. The molecule has 188 valence electrons. The molecule has 0 spiro atoms. The molecule has 1 saturated heterocycles. The van der Waals surface area contributed by atoms with Crippen molar-refractivity contribution in [2.24, 2.45) is 0 Å². The molecule has 0 saturated carbocycles. The van der Waals surface area contributed by atoms with Crippen molar-refractivity contribution in [3.05, 3.63) is 94.4 Å². The van der Waals surface area contributed by atoms with E-state index in [1.807, 2.05) is 35.2 Å². The highest BCUT2D eigenvalue weighted by atomic mass is 35.5. The second-order valence-corrected chi connectivity index (χ2v) is 9.39. The van der Waals surface area contributed by atoms with Gasteiger partial charge in [0, 0.05) is 47.1 Å². The molecule has 0 unspecified atom stereocenters. The highest BCUT2D eigenvalue weighted by Gasteiger charge is 2.25. The number of aromatic nitrogens is 2. The van der Waals surface area contributed by atoms with Crippen LogP contribution in [0.3, 0.4) is 0 Å². The minimum absolute atomic E-state index is 0.0972. The van der Waals surface area contributed by atoms with Gasteiger partial charge in [-0.1, -0.05) is 29.8 Å². The third kappa shape index (κ3) is 5.20. The third-order valence-corrected chi connectivity index (χ3v) is 6.95. The van der Waals surface area contributed by atoms with E-state index >= 15 is 0 Å². The van der Waals surface area contributed by atoms with E-state index in [1.165, 1.54) is 24.9 Å². The van der Waals surface area contributed by atoms with Gasteiger partial charge in [-0.15, -0.1) is 0 Å². The number of carbonyl (C=O) groups excluding carboxylic acids is 3. The van der Waals surface area contributed by atoms with Gasteiger partial charge in [-0.2, -0.15) is 0 Å². The molecule has 4 aromatic rings. The van der Waals surface area contributed by atoms with Crippen LogP contribution in [-0.2, 0) is 4.74 Å². The standard InChI is InChI=1S/C28H25ClN4O4/c1-37-28(36)24-9-4-19(15-30-24)27(35)33-12-10-18(11-13-33)17-2-6-21(7-3-17)32-26(34)23-16-31-25-14-20(29)5-8-22(23)25/h2-9,14-16,18,31H,10-13H2,1H3,(H,32,34). The second kappa shape index (κ2) is 10.4. The van der Waals surface area contributed by atoms with Gasteiger partial charge in [0.05, 0.1) is 18.2 Å². The quantitative estimate of drug-likeness (QED) is 0.351. The Morgan fingerprint density at radius 1 is 1.05 bits per heavy atom. The van der Waals surface area contributed by atoms with Gasteiger partial charge in [-0.3, -0.25) is 9.59 Å². The first-order valence-corrected chi connectivity index (χ1v) is 12.3. The zero-order valence-electron chi connectivity index (χ0n) is 20.2. The van der Waals surface area contributed by atoms with Crippen molar-refractivity contribution in [1.82, 2.24) is 14.9 Å². The van der Waals surface area contributed by atoms with Crippen LogP contribution >= 0.6 is 11.6 Å². The number of hydrogen-bond donors (Lipinski definition) is 2. The van der Waals surface area contributed by atoms with Crippen LogP contribution < -0.4 is 5.32 Å². The van der Waals surface area contributed by atoms with Gasteiger partial charge in [0.2, 0.25) is 0 Å². The predicted molar refractivity (Wildman–Crippen MR) is 141 cm³/mol. The fraction of sp³-hybridized carbons (Fsp3) is 0.214. The smallest absolute Gasteiger partial charge is 0.356 e. The van der Waals surface area contributed by atoms with Crippen LogP contribution in [-0.4, -0.2) is 52.9 Å². The molecule has 2 amide bonds. The number of esters is 1. The first-order valence-electron chi connectivity index (χ1n) is 11.9. The number of amides is 2. The lowest BCUT2D eigenvalue weighted by molar-refractivity contribution is 0.0592. The zero-order valence-corrected chi connectivity index (χ0v) is 20.9. The van der Waals surface area contributed by atoms with Crippen molar-refractivity contribution in [3.8, 4) is 0 Å². The largest absolute Gasteiger partial charge is 0.464 e. The lowest BCUT2D eigenvalue weighted by atomic mass is 9.89. The Kier molecular flexibility index (Phi) is 6.92. The van der Waals surface area contributed by atoms with Crippen molar-refractivity contribution in [2.45, 2.75) is 18.8 Å². The molecule has 5 rings (SSSR count). The summed E-state index contributed by atoms with van der Waals surface area (Å²) >= 11 is 6.03. The highest BCUT2D eigenvalue weighted by molar-refractivity contribution is 6.31. The number of piperidine rings is 1. The maximum absolute atomic E-state index is 12.9. The summed E-state index contributed by atoms with van der Waals surface area (Å²) in [4.78, 5) is 46.1. The van der Waals surface area contributed by atoms with Crippen molar-refractivity contribution < 1.29 is 19.1 Å². The molecule has 9 heteroatoms. The summed E-state index contributed by atoms with van der Waals surface area (Å²) in [5.41, 5.74) is 3.88. The Balaban J connectivity index is 1.17. The molecule has 0 aliphatic carbocycles. The molecular formula is C28H25ClN4O4. The summed E-state index contributed by atoms with van der Waals surface area (Å²) in [6, 6.07) is 16.4. The number of anilines is 1. The monoisotopic (exact) mass is 516 g/mol. The van der Waals surface area contributed by atoms with E-state index in [9.17, 15) is 14.4 Å². The summed E-state index contributed by atoms with van der Waals surface area (Å²) in [7, 11) is 1.29. The van der Waals surface area contributed by atoms with Gasteiger partial charge < -0.3 is 19.9 Å². The maximum Gasteiger partial charge on any atom is 0.356 e. The van der Waals surface area contributed by atoms with E-state index < -0.39 is 5.97 Å². The number of carbonyl (C=O) groups is 3. The van der Waals surface area contributed by atoms with Crippen molar-refractivity contribution in [2.75, 3.05) is 25.5 Å². The number of aromatic amines is 1. The van der Waals surface area contributed by atoms with E-state index in [0.29, 0.717) is 40.8 Å². The van der Waals surface area contributed by atoms with Crippen LogP contribution in [0.1, 0.15) is 55.5 Å². The molecule has 2 aromatic carbocycles. The van der Waals surface area contributed by atoms with Gasteiger partial charge in [-0.05, 0) is 60.7 Å². The summed E-state index contributed by atoms with van der Waals surface area (Å²) in [6.07, 6.45) is 4.77. The Bertz CT molecular complexity index is 1460. The topological polar surface area (TPSA) is 104 Å². The SMILES string of the molecule is COC(=O)c1ccc(C(=O)N2CCC(c3ccc(NC(=O)c4c[nH]c5cc(Cl)ccc45)cc3)CC2)cn1. The summed E-state index contributed by atoms with van der Waals surface area (Å²) in [6.45, 7) is 1.26. The fourth-order valence-corrected chi connectivity index (χ4v) is 4.84. The van der Waals surface area contributed by atoms with E-state index in [0.717, 1.165) is 23.7 Å². The summed E-state index contributed by atoms with van der Waals surface area (Å²) in [5.74, 6) is -0.497. The number of hydrogen-bond acceptors (Lipinski definition) is 5. The fourth-order valence-electron chi connectivity index (χ4n) is 4.67. The molecule has 1 fully saturated rings. The third-order valence-electron chi connectivity index (χ3n) is 6.72. The molecule has 0 bridgehead atoms. The second-order valence-electron chi connectivity index (χ2n) is 8.96. The van der Waals surface area contributed by atoms with Crippen LogP contribution in [0.5, 0.6) is 0 Å². The summed E-state index contributed by atoms with van der Waals surface area (Å²) in [5, 5.41) is 4.38. The van der Waals surface area contributed by atoms with E-state index in [-0.39, 0.29) is 17.5 Å². The average Bonchev–Trinajstić information content (AvgIpc) is 3.36. The van der Waals surface area contributed by atoms with E-state index in [2.05, 4.69) is 20.0 Å². The predicted octanol–water partition coefficient (Wildman–Crippen LogP) is 5.28. The normalized spacial score (nSPS) is 13.9. The maximum atomic E-state index is 12.9. The Hall–Kier alpha value is -4.17. The average molecular weight is 517 g/mol. The number of fused-ring (bicyclic) bond motifs is 1. The minimum atomic E-state index is -0.534. The number of H-pyrrole nitrogens is 1. The molecule has 8 nitrogen and oxygen atoms in total. The molecule has 37 heavy (non-hydrogen) atoms. The summed E-state index contributed by atoms with van der Waals surface area (Å²) < 4.78 is 4.65. The Labute approximate surface area is 218 Å². The first kappa shape index (κ1) is 24.5. The Morgan fingerprint density at radius 2 is 1.81 bits per heavy atom. The van der Waals surface area contributed by atoms with Crippen LogP contribution in [0.15, 0.2) is 67.0 Å². The highest BCUT2D eigenvalue weighted by Crippen LogP contribution is 2.30. The molecule has 2 aromatic heterocycles. The van der Waals surface area contributed by atoms with Crippen LogP contribution in [0.25, 0.3) is 10.9 Å². The number of benzene rings is 2. The van der Waals surface area contributed by atoms with Crippen molar-refractivity contribution >= 4 is 46.0 Å². The number of pyridine rings is 1. The van der Waals surface area contributed by atoms with Gasteiger partial charge in [-0.25, -0.2) is 9.78 Å². The van der Waals surface area contributed by atoms with Gasteiger partial charge >= 0.3 is 5.97 Å². The van der Waals surface area contributed by atoms with Crippen molar-refractivity contribution in [1.29, 1.82) is 0 Å².